The Labute approximate surface area is 117 Å². The maximum Gasteiger partial charge on any atom is 0.0498 e. The summed E-state index contributed by atoms with van der Waals surface area (Å²) in [6.07, 6.45) is 17.0. The molecule has 1 fully saturated rings. The van der Waals surface area contributed by atoms with E-state index >= 15 is 0 Å². The summed E-state index contributed by atoms with van der Waals surface area (Å²) in [5.74, 6) is 0.797. The fraction of sp³-hybridized carbons (Fsp3) is 0.667. The molecule has 3 aliphatic carbocycles. The molecule has 2 bridgehead atoms. The fourth-order valence-corrected chi connectivity index (χ4v) is 5.21. The van der Waals surface area contributed by atoms with Crippen molar-refractivity contribution in [2.75, 3.05) is 13.1 Å². The van der Waals surface area contributed by atoms with Gasteiger partial charge in [-0.25, -0.2) is 0 Å². The molecule has 4 aliphatic rings. The quantitative estimate of drug-likeness (QED) is 0.714. The van der Waals surface area contributed by atoms with Crippen LogP contribution in [0.2, 0.25) is 0 Å². The zero-order chi connectivity index (χ0) is 12.9. The zero-order valence-electron chi connectivity index (χ0n) is 12.1. The first-order valence-electron chi connectivity index (χ1n) is 8.22. The second-order valence-corrected chi connectivity index (χ2v) is 6.73. The van der Waals surface area contributed by atoms with E-state index in [1.807, 2.05) is 5.57 Å². The third kappa shape index (κ3) is 1.51. The Hall–Kier alpha value is -0.820. The van der Waals surface area contributed by atoms with E-state index < -0.39 is 0 Å². The molecule has 0 aromatic heterocycles. The molecule has 0 saturated heterocycles. The van der Waals surface area contributed by atoms with Gasteiger partial charge in [0.1, 0.15) is 0 Å². The molecule has 0 aromatic carbocycles. The van der Waals surface area contributed by atoms with E-state index in [1.54, 1.807) is 11.1 Å². The molecule has 2 atom stereocenters. The van der Waals surface area contributed by atoms with Gasteiger partial charge in [0.25, 0.3) is 0 Å². The molecular weight excluding hydrogens is 230 g/mol. The van der Waals surface area contributed by atoms with E-state index in [0.717, 1.165) is 5.92 Å². The van der Waals surface area contributed by atoms with Gasteiger partial charge in [-0.3, -0.25) is 4.90 Å². The Morgan fingerprint density at radius 2 is 2.32 bits per heavy atom. The van der Waals surface area contributed by atoms with E-state index in [2.05, 4.69) is 30.1 Å². The van der Waals surface area contributed by atoms with Gasteiger partial charge in [-0.1, -0.05) is 31.6 Å². The predicted molar refractivity (Wildman–Crippen MR) is 80.0 cm³/mol. The van der Waals surface area contributed by atoms with Crippen LogP contribution in [0, 0.1) is 5.92 Å². The van der Waals surface area contributed by atoms with E-state index in [-0.39, 0.29) is 0 Å². The number of rotatable bonds is 2. The van der Waals surface area contributed by atoms with Crippen molar-refractivity contribution < 1.29 is 0 Å². The fourth-order valence-electron chi connectivity index (χ4n) is 5.21. The molecule has 1 saturated carbocycles. The summed E-state index contributed by atoms with van der Waals surface area (Å²) < 4.78 is 0. The molecule has 1 heterocycles. The van der Waals surface area contributed by atoms with Crippen molar-refractivity contribution in [3.63, 3.8) is 0 Å². The molecule has 0 radical (unpaired) electrons. The molecule has 19 heavy (non-hydrogen) atoms. The summed E-state index contributed by atoms with van der Waals surface area (Å²) in [6.45, 7) is 4.85. The van der Waals surface area contributed by atoms with E-state index in [9.17, 15) is 0 Å². The van der Waals surface area contributed by atoms with Gasteiger partial charge in [0.05, 0.1) is 0 Å². The van der Waals surface area contributed by atoms with Crippen LogP contribution >= 0.6 is 0 Å². The first kappa shape index (κ1) is 12.0. The van der Waals surface area contributed by atoms with Crippen molar-refractivity contribution in [3.8, 4) is 0 Å². The Bertz CT molecular complexity index is 482. The first-order valence-corrected chi connectivity index (χ1v) is 8.22. The van der Waals surface area contributed by atoms with Crippen LogP contribution in [0.1, 0.15) is 51.9 Å². The van der Waals surface area contributed by atoms with Crippen LogP contribution in [0.15, 0.2) is 34.9 Å². The monoisotopic (exact) mass is 255 g/mol. The molecule has 0 N–H and O–H groups in total. The molecular formula is C18H25N. The predicted octanol–water partition coefficient (Wildman–Crippen LogP) is 4.23. The maximum absolute atomic E-state index is 2.85. The highest BCUT2D eigenvalue weighted by atomic mass is 15.2. The van der Waals surface area contributed by atoms with Gasteiger partial charge in [-0.15, -0.1) is 0 Å². The third-order valence-corrected chi connectivity index (χ3v) is 5.82. The van der Waals surface area contributed by atoms with Crippen LogP contribution in [0.5, 0.6) is 0 Å². The highest BCUT2D eigenvalue weighted by Gasteiger charge is 2.54. The molecule has 2 unspecified atom stereocenters. The molecule has 1 nitrogen and oxygen atoms in total. The average Bonchev–Trinajstić information content (AvgIpc) is 2.69. The molecule has 0 amide bonds. The van der Waals surface area contributed by atoms with Crippen LogP contribution in [0.4, 0.5) is 0 Å². The standard InChI is InChI=1S/C18H25N/c1-2-11-19-13-15-12-14-7-3-4-8-16(14)18(19)10-6-5-9-17(15)18/h3,7,12,16H,2,4-6,8-11,13H2,1H3. The highest BCUT2D eigenvalue weighted by Crippen LogP contribution is 2.56. The molecule has 1 heteroatoms. The van der Waals surface area contributed by atoms with Crippen molar-refractivity contribution in [2.24, 2.45) is 5.92 Å². The van der Waals surface area contributed by atoms with Crippen LogP contribution in [-0.4, -0.2) is 23.5 Å². The summed E-state index contributed by atoms with van der Waals surface area (Å²) in [5.41, 5.74) is 5.62. The van der Waals surface area contributed by atoms with Crippen molar-refractivity contribution in [1.29, 1.82) is 0 Å². The van der Waals surface area contributed by atoms with Crippen molar-refractivity contribution in [3.05, 3.63) is 34.9 Å². The van der Waals surface area contributed by atoms with E-state index in [4.69, 9.17) is 0 Å². The number of allylic oxidation sites excluding steroid dienone is 2. The number of fused-ring (bicyclic) bond motifs is 1. The number of hydrogen-bond donors (Lipinski definition) is 0. The Balaban J connectivity index is 1.83. The number of nitrogens with zero attached hydrogens (tertiary/aromatic N) is 1. The minimum Gasteiger partial charge on any atom is -0.289 e. The summed E-state index contributed by atoms with van der Waals surface area (Å²) in [7, 11) is 0. The SMILES string of the molecule is CCCN1CC2=C3CCCCC31C1CCC=CC1=C2. The van der Waals surface area contributed by atoms with Gasteiger partial charge < -0.3 is 0 Å². The van der Waals surface area contributed by atoms with Gasteiger partial charge in [0.15, 0.2) is 0 Å². The van der Waals surface area contributed by atoms with Crippen molar-refractivity contribution in [1.82, 2.24) is 4.90 Å². The Morgan fingerprint density at radius 1 is 1.37 bits per heavy atom. The Morgan fingerprint density at radius 3 is 3.21 bits per heavy atom. The average molecular weight is 255 g/mol. The lowest BCUT2D eigenvalue weighted by atomic mass is 9.62. The van der Waals surface area contributed by atoms with Crippen LogP contribution in [-0.2, 0) is 0 Å². The highest BCUT2D eigenvalue weighted by molar-refractivity contribution is 5.53. The minimum atomic E-state index is 0.443. The van der Waals surface area contributed by atoms with Crippen LogP contribution in [0.3, 0.4) is 0 Å². The van der Waals surface area contributed by atoms with E-state index in [1.165, 1.54) is 58.0 Å². The zero-order valence-corrected chi connectivity index (χ0v) is 12.1. The van der Waals surface area contributed by atoms with Gasteiger partial charge in [0, 0.05) is 18.0 Å². The Kier molecular flexibility index (Phi) is 2.73. The molecule has 1 aliphatic heterocycles. The lowest BCUT2D eigenvalue weighted by molar-refractivity contribution is 0.0784. The minimum absolute atomic E-state index is 0.443. The number of hydrogen-bond acceptors (Lipinski definition) is 1. The van der Waals surface area contributed by atoms with Gasteiger partial charge in [0.2, 0.25) is 0 Å². The summed E-state index contributed by atoms with van der Waals surface area (Å²) >= 11 is 0. The normalized spacial score (nSPS) is 37.1. The van der Waals surface area contributed by atoms with E-state index in [0.29, 0.717) is 5.54 Å². The lowest BCUT2D eigenvalue weighted by Gasteiger charge is -2.51. The topological polar surface area (TPSA) is 3.24 Å². The summed E-state index contributed by atoms with van der Waals surface area (Å²) in [5, 5.41) is 0. The second-order valence-electron chi connectivity index (χ2n) is 6.73. The van der Waals surface area contributed by atoms with Gasteiger partial charge in [-0.05, 0) is 61.8 Å². The maximum atomic E-state index is 2.85. The summed E-state index contributed by atoms with van der Waals surface area (Å²) in [6, 6.07) is 0. The molecule has 102 valence electrons. The van der Waals surface area contributed by atoms with Crippen molar-refractivity contribution >= 4 is 0 Å². The van der Waals surface area contributed by atoms with Gasteiger partial charge >= 0.3 is 0 Å². The first-order chi connectivity index (χ1) is 9.36. The lowest BCUT2D eigenvalue weighted by Crippen LogP contribution is -2.54. The molecule has 0 aromatic rings. The molecule has 0 spiro atoms. The van der Waals surface area contributed by atoms with Crippen LogP contribution in [0.25, 0.3) is 0 Å². The second kappa shape index (κ2) is 4.34. The molecule has 4 rings (SSSR count). The summed E-state index contributed by atoms with van der Waals surface area (Å²) in [4.78, 5) is 2.85. The van der Waals surface area contributed by atoms with Gasteiger partial charge in [-0.2, -0.15) is 0 Å². The van der Waals surface area contributed by atoms with Crippen LogP contribution < -0.4 is 0 Å². The van der Waals surface area contributed by atoms with Crippen molar-refractivity contribution in [2.45, 2.75) is 57.4 Å². The third-order valence-electron chi connectivity index (χ3n) is 5.82. The smallest absolute Gasteiger partial charge is 0.0498 e. The largest absolute Gasteiger partial charge is 0.289 e.